The van der Waals surface area contributed by atoms with Crippen LogP contribution in [0.25, 0.3) is 0 Å². The predicted octanol–water partition coefficient (Wildman–Crippen LogP) is 7.78. The fourth-order valence-corrected chi connectivity index (χ4v) is 9.01. The van der Waals surface area contributed by atoms with Gasteiger partial charge in [-0.25, -0.2) is 0 Å². The molecule has 0 radical (unpaired) electrons. The number of aliphatic hydroxyl groups excluding tert-OH is 1. The molecule has 0 saturated heterocycles. The van der Waals surface area contributed by atoms with E-state index < -0.39 is 0 Å². The monoisotopic (exact) mass is 400 g/mol. The van der Waals surface area contributed by atoms with Crippen molar-refractivity contribution in [1.29, 1.82) is 0 Å². The highest BCUT2D eigenvalue weighted by Crippen LogP contribution is 2.67. The molecule has 4 aliphatic rings. The number of allylic oxidation sites excluding steroid dienone is 1. The summed E-state index contributed by atoms with van der Waals surface area (Å²) in [5, 5.41) is 10.2. The first-order valence-corrected chi connectivity index (χ1v) is 13.2. The molecule has 0 aromatic heterocycles. The molecule has 0 spiro atoms. The number of fused-ring (bicyclic) bond motifs is 5. The molecule has 3 saturated carbocycles. The smallest absolute Gasteiger partial charge is 0.0577 e. The fraction of sp³-hybridized carbons (Fsp3) is 0.929. The first kappa shape index (κ1) is 21.9. The van der Waals surface area contributed by atoms with Crippen LogP contribution >= 0.6 is 0 Å². The quantitative estimate of drug-likeness (QED) is 0.451. The molecule has 29 heavy (non-hydrogen) atoms. The standard InChI is InChI=1S/C28H48O/c1-6-20(7-2)9-8-19(3)24-12-13-25-23-11-10-21-18-22(29)14-16-27(21,4)26(23)15-17-28(24,25)5/h10,19-20,22-26,29H,6-9,11-18H2,1-5H3/t19-,22+,23-,24-,25-,26-,27+,28-/m1/s1. The first-order chi connectivity index (χ1) is 13.8. The van der Waals surface area contributed by atoms with Crippen molar-refractivity contribution >= 4 is 0 Å². The highest BCUT2D eigenvalue weighted by molar-refractivity contribution is 5.25. The van der Waals surface area contributed by atoms with Crippen LogP contribution < -0.4 is 0 Å². The number of aliphatic hydroxyl groups is 1. The van der Waals surface area contributed by atoms with Crippen molar-refractivity contribution in [3.63, 3.8) is 0 Å². The Morgan fingerprint density at radius 2 is 1.76 bits per heavy atom. The van der Waals surface area contributed by atoms with Crippen molar-refractivity contribution < 1.29 is 5.11 Å². The van der Waals surface area contributed by atoms with Gasteiger partial charge in [0.15, 0.2) is 0 Å². The van der Waals surface area contributed by atoms with E-state index in [4.69, 9.17) is 0 Å². The Kier molecular flexibility index (Phi) is 6.29. The highest BCUT2D eigenvalue weighted by Gasteiger charge is 2.59. The minimum absolute atomic E-state index is 0.0773. The summed E-state index contributed by atoms with van der Waals surface area (Å²) in [6.45, 7) is 12.6. The van der Waals surface area contributed by atoms with Gasteiger partial charge in [-0.15, -0.1) is 0 Å². The molecule has 1 heteroatoms. The van der Waals surface area contributed by atoms with Crippen LogP contribution in [0.5, 0.6) is 0 Å². The van der Waals surface area contributed by atoms with Gasteiger partial charge in [-0.05, 0) is 97.7 Å². The summed E-state index contributed by atoms with van der Waals surface area (Å²) < 4.78 is 0. The average Bonchev–Trinajstić information content (AvgIpc) is 3.06. The van der Waals surface area contributed by atoms with Crippen molar-refractivity contribution in [2.24, 2.45) is 46.3 Å². The van der Waals surface area contributed by atoms with Crippen molar-refractivity contribution in [3.05, 3.63) is 11.6 Å². The van der Waals surface area contributed by atoms with Crippen LogP contribution in [0.4, 0.5) is 0 Å². The van der Waals surface area contributed by atoms with Crippen LogP contribution in [0.3, 0.4) is 0 Å². The molecule has 4 rings (SSSR count). The summed E-state index contributed by atoms with van der Waals surface area (Å²) in [4.78, 5) is 0. The molecular formula is C28H48O. The summed E-state index contributed by atoms with van der Waals surface area (Å²) >= 11 is 0. The first-order valence-electron chi connectivity index (χ1n) is 13.2. The molecule has 0 amide bonds. The number of rotatable bonds is 6. The van der Waals surface area contributed by atoms with E-state index in [-0.39, 0.29) is 6.10 Å². The van der Waals surface area contributed by atoms with Gasteiger partial charge in [0.25, 0.3) is 0 Å². The maximum absolute atomic E-state index is 10.2. The van der Waals surface area contributed by atoms with Gasteiger partial charge >= 0.3 is 0 Å². The average molecular weight is 401 g/mol. The van der Waals surface area contributed by atoms with E-state index in [0.717, 1.165) is 48.3 Å². The fourth-order valence-electron chi connectivity index (χ4n) is 9.01. The predicted molar refractivity (Wildman–Crippen MR) is 124 cm³/mol. The molecule has 3 fully saturated rings. The molecule has 0 aliphatic heterocycles. The molecule has 0 aromatic rings. The molecule has 0 unspecified atom stereocenters. The molecule has 166 valence electrons. The van der Waals surface area contributed by atoms with Crippen molar-refractivity contribution in [2.75, 3.05) is 0 Å². The van der Waals surface area contributed by atoms with Crippen LogP contribution in [0.2, 0.25) is 0 Å². The normalized spacial score (nSPS) is 45.3. The molecule has 8 atom stereocenters. The summed E-state index contributed by atoms with van der Waals surface area (Å²) in [6, 6.07) is 0. The van der Waals surface area contributed by atoms with Crippen LogP contribution in [0.15, 0.2) is 11.6 Å². The molecule has 1 nitrogen and oxygen atoms in total. The Balaban J connectivity index is 1.48. The van der Waals surface area contributed by atoms with Crippen LogP contribution in [-0.2, 0) is 0 Å². The lowest BCUT2D eigenvalue weighted by molar-refractivity contribution is -0.0574. The van der Waals surface area contributed by atoms with E-state index in [1.54, 1.807) is 5.57 Å². The molecule has 0 heterocycles. The van der Waals surface area contributed by atoms with Crippen molar-refractivity contribution in [3.8, 4) is 0 Å². The molecular weight excluding hydrogens is 352 g/mol. The summed E-state index contributed by atoms with van der Waals surface area (Å²) in [5.41, 5.74) is 2.60. The lowest BCUT2D eigenvalue weighted by atomic mass is 9.47. The molecule has 1 N–H and O–H groups in total. The third-order valence-corrected chi connectivity index (χ3v) is 11.0. The van der Waals surface area contributed by atoms with E-state index in [1.807, 2.05) is 0 Å². The Hall–Kier alpha value is -0.300. The SMILES string of the molecule is CCC(CC)CC[C@@H](C)[C@H]1CC[C@@H]2[C@H]3CC=C4C[C@@H](O)CC[C@]4(C)[C@@H]3CC[C@@]21C. The van der Waals surface area contributed by atoms with Gasteiger partial charge in [0.05, 0.1) is 6.10 Å². The van der Waals surface area contributed by atoms with Crippen LogP contribution in [0.1, 0.15) is 112 Å². The van der Waals surface area contributed by atoms with Gasteiger partial charge in [-0.2, -0.15) is 0 Å². The second kappa shape index (κ2) is 8.33. The van der Waals surface area contributed by atoms with Crippen molar-refractivity contribution in [2.45, 2.75) is 118 Å². The van der Waals surface area contributed by atoms with Gasteiger partial charge in [0.1, 0.15) is 0 Å². The molecule has 0 bridgehead atoms. The van der Waals surface area contributed by atoms with E-state index in [2.05, 4.69) is 40.7 Å². The third kappa shape index (κ3) is 3.66. The zero-order valence-electron chi connectivity index (χ0n) is 20.1. The maximum atomic E-state index is 10.2. The van der Waals surface area contributed by atoms with Gasteiger partial charge in [-0.1, -0.05) is 72.0 Å². The lowest BCUT2D eigenvalue weighted by Gasteiger charge is -2.58. The summed E-state index contributed by atoms with van der Waals surface area (Å²) in [7, 11) is 0. The second-order valence-electron chi connectivity index (χ2n) is 12.1. The van der Waals surface area contributed by atoms with Gasteiger partial charge in [-0.3, -0.25) is 0 Å². The van der Waals surface area contributed by atoms with Gasteiger partial charge < -0.3 is 5.11 Å². The number of hydrogen-bond acceptors (Lipinski definition) is 1. The zero-order valence-corrected chi connectivity index (χ0v) is 20.1. The Morgan fingerprint density at radius 3 is 2.48 bits per heavy atom. The van der Waals surface area contributed by atoms with E-state index in [1.165, 1.54) is 64.2 Å². The number of hydrogen-bond donors (Lipinski definition) is 1. The minimum Gasteiger partial charge on any atom is -0.393 e. The lowest BCUT2D eigenvalue weighted by Crippen LogP contribution is -2.50. The highest BCUT2D eigenvalue weighted by atomic mass is 16.3. The van der Waals surface area contributed by atoms with Gasteiger partial charge in [0, 0.05) is 0 Å². The van der Waals surface area contributed by atoms with Crippen LogP contribution in [0, 0.1) is 46.3 Å². The topological polar surface area (TPSA) is 20.2 Å². The molecule has 0 aromatic carbocycles. The Morgan fingerprint density at radius 1 is 1.00 bits per heavy atom. The van der Waals surface area contributed by atoms with E-state index in [0.29, 0.717) is 10.8 Å². The summed E-state index contributed by atoms with van der Waals surface area (Å²) in [6.07, 6.45) is 18.5. The second-order valence-corrected chi connectivity index (χ2v) is 12.1. The Labute approximate surface area is 181 Å². The maximum Gasteiger partial charge on any atom is 0.0577 e. The summed E-state index contributed by atoms with van der Waals surface area (Å²) in [5.74, 6) is 5.54. The van der Waals surface area contributed by atoms with Crippen molar-refractivity contribution in [1.82, 2.24) is 0 Å². The van der Waals surface area contributed by atoms with Gasteiger partial charge in [0.2, 0.25) is 0 Å². The zero-order chi connectivity index (χ0) is 20.8. The Bertz CT molecular complexity index is 603. The van der Waals surface area contributed by atoms with Crippen LogP contribution in [-0.4, -0.2) is 11.2 Å². The third-order valence-electron chi connectivity index (χ3n) is 11.0. The molecule has 4 aliphatic carbocycles. The minimum atomic E-state index is -0.0773. The van der Waals surface area contributed by atoms with E-state index >= 15 is 0 Å². The largest absolute Gasteiger partial charge is 0.393 e. The van der Waals surface area contributed by atoms with E-state index in [9.17, 15) is 5.11 Å².